The van der Waals surface area contributed by atoms with Crippen molar-refractivity contribution in [3.63, 3.8) is 0 Å². The van der Waals surface area contributed by atoms with Gasteiger partial charge in [-0.2, -0.15) is 11.3 Å². The van der Waals surface area contributed by atoms with Crippen LogP contribution in [0.5, 0.6) is 0 Å². The van der Waals surface area contributed by atoms with Crippen LogP contribution in [-0.4, -0.2) is 26.2 Å². The third-order valence-electron chi connectivity index (χ3n) is 3.14. The fraction of sp³-hybridized carbons (Fsp3) is 0.692. The van der Waals surface area contributed by atoms with E-state index in [1.54, 1.807) is 11.3 Å². The van der Waals surface area contributed by atoms with Crippen LogP contribution in [0.4, 0.5) is 5.69 Å². The van der Waals surface area contributed by atoms with Crippen molar-refractivity contribution in [1.29, 1.82) is 0 Å². The summed E-state index contributed by atoms with van der Waals surface area (Å²) in [5.41, 5.74) is 1.41. The van der Waals surface area contributed by atoms with Crippen LogP contribution in [0, 0.1) is 11.8 Å². The van der Waals surface area contributed by atoms with Gasteiger partial charge in [0.05, 0.1) is 0 Å². The summed E-state index contributed by atoms with van der Waals surface area (Å²) >= 11 is 1.79. The zero-order valence-electron chi connectivity index (χ0n) is 10.3. The Bertz CT molecular complexity index is 295. The van der Waals surface area contributed by atoms with Gasteiger partial charge in [-0.3, -0.25) is 0 Å². The molecule has 2 heterocycles. The Morgan fingerprint density at radius 2 is 2.44 bits per heavy atom. The fourth-order valence-electron chi connectivity index (χ4n) is 2.25. The van der Waals surface area contributed by atoms with Crippen LogP contribution in [-0.2, 0) is 0 Å². The van der Waals surface area contributed by atoms with Crippen molar-refractivity contribution < 1.29 is 0 Å². The van der Waals surface area contributed by atoms with Crippen LogP contribution in [0.25, 0.3) is 0 Å². The summed E-state index contributed by atoms with van der Waals surface area (Å²) in [5.74, 6) is 1.59. The first-order valence-electron chi connectivity index (χ1n) is 6.23. The van der Waals surface area contributed by atoms with Crippen molar-refractivity contribution in [3.8, 4) is 0 Å². The standard InChI is InChI=1S/C13H22N2S/c1-11(2)7-14-8-12-3-5-15(9-12)13-4-6-16-10-13/h4,6,10-12,14H,3,5,7-9H2,1-2H3. The SMILES string of the molecule is CC(C)CNCC1CCN(c2ccsc2)C1. The van der Waals surface area contributed by atoms with E-state index < -0.39 is 0 Å². The van der Waals surface area contributed by atoms with Crippen molar-refractivity contribution in [2.45, 2.75) is 20.3 Å². The van der Waals surface area contributed by atoms with Gasteiger partial charge in [0.2, 0.25) is 0 Å². The molecule has 0 aromatic carbocycles. The highest BCUT2D eigenvalue weighted by molar-refractivity contribution is 7.08. The predicted octanol–water partition coefficient (Wildman–Crippen LogP) is 2.82. The Hall–Kier alpha value is -0.540. The minimum Gasteiger partial charge on any atom is -0.371 e. The van der Waals surface area contributed by atoms with Gasteiger partial charge < -0.3 is 10.2 Å². The van der Waals surface area contributed by atoms with E-state index in [1.807, 2.05) is 0 Å². The van der Waals surface area contributed by atoms with Crippen LogP contribution in [0.2, 0.25) is 0 Å². The van der Waals surface area contributed by atoms with Crippen LogP contribution in [0.1, 0.15) is 20.3 Å². The monoisotopic (exact) mass is 238 g/mol. The maximum atomic E-state index is 3.57. The Morgan fingerprint density at radius 3 is 3.12 bits per heavy atom. The Morgan fingerprint density at radius 1 is 1.56 bits per heavy atom. The van der Waals surface area contributed by atoms with E-state index >= 15 is 0 Å². The van der Waals surface area contributed by atoms with E-state index in [-0.39, 0.29) is 0 Å². The van der Waals surface area contributed by atoms with E-state index in [0.717, 1.165) is 18.4 Å². The predicted molar refractivity (Wildman–Crippen MR) is 72.3 cm³/mol. The zero-order valence-corrected chi connectivity index (χ0v) is 11.1. The fourth-order valence-corrected chi connectivity index (χ4v) is 2.91. The molecule has 1 aliphatic heterocycles. The molecule has 0 radical (unpaired) electrons. The molecule has 1 unspecified atom stereocenters. The summed E-state index contributed by atoms with van der Waals surface area (Å²) in [7, 11) is 0. The summed E-state index contributed by atoms with van der Waals surface area (Å²) in [5, 5.41) is 7.99. The lowest BCUT2D eigenvalue weighted by Gasteiger charge is -2.17. The number of anilines is 1. The van der Waals surface area contributed by atoms with Crippen molar-refractivity contribution in [2.24, 2.45) is 11.8 Å². The lowest BCUT2D eigenvalue weighted by molar-refractivity contribution is 0.477. The van der Waals surface area contributed by atoms with Crippen molar-refractivity contribution in [1.82, 2.24) is 5.32 Å². The lowest BCUT2D eigenvalue weighted by atomic mass is 10.1. The molecule has 1 saturated heterocycles. The highest BCUT2D eigenvalue weighted by Crippen LogP contribution is 2.25. The van der Waals surface area contributed by atoms with Gasteiger partial charge in [-0.1, -0.05) is 13.8 Å². The summed E-state index contributed by atoms with van der Waals surface area (Å²) in [6.45, 7) is 9.30. The van der Waals surface area contributed by atoms with Gasteiger partial charge in [-0.15, -0.1) is 0 Å². The summed E-state index contributed by atoms with van der Waals surface area (Å²) in [6, 6.07) is 2.23. The number of nitrogens with zero attached hydrogens (tertiary/aromatic N) is 1. The summed E-state index contributed by atoms with van der Waals surface area (Å²) in [4.78, 5) is 2.51. The topological polar surface area (TPSA) is 15.3 Å². The quantitative estimate of drug-likeness (QED) is 0.848. The largest absolute Gasteiger partial charge is 0.371 e. The normalized spacial score (nSPS) is 20.9. The molecule has 0 amide bonds. The Kier molecular flexibility index (Phi) is 4.24. The molecule has 1 aliphatic rings. The summed E-state index contributed by atoms with van der Waals surface area (Å²) in [6.07, 6.45) is 1.33. The van der Waals surface area contributed by atoms with Gasteiger partial charge in [0, 0.05) is 24.2 Å². The van der Waals surface area contributed by atoms with Gasteiger partial charge in [0.1, 0.15) is 0 Å². The molecule has 16 heavy (non-hydrogen) atoms. The molecular formula is C13H22N2S. The first-order chi connectivity index (χ1) is 7.75. The van der Waals surface area contributed by atoms with Gasteiger partial charge in [-0.05, 0) is 42.8 Å². The Labute approximate surface area is 103 Å². The van der Waals surface area contributed by atoms with Gasteiger partial charge in [-0.25, -0.2) is 0 Å². The zero-order chi connectivity index (χ0) is 11.4. The highest BCUT2D eigenvalue weighted by Gasteiger charge is 2.22. The van der Waals surface area contributed by atoms with E-state index in [1.165, 1.54) is 31.7 Å². The summed E-state index contributed by atoms with van der Waals surface area (Å²) < 4.78 is 0. The van der Waals surface area contributed by atoms with Crippen LogP contribution < -0.4 is 10.2 Å². The molecule has 0 bridgehead atoms. The average Bonchev–Trinajstić information content (AvgIpc) is 2.85. The minimum absolute atomic E-state index is 0.759. The van der Waals surface area contributed by atoms with E-state index in [0.29, 0.717) is 0 Å². The van der Waals surface area contributed by atoms with E-state index in [9.17, 15) is 0 Å². The van der Waals surface area contributed by atoms with Gasteiger partial charge in [0.15, 0.2) is 0 Å². The van der Waals surface area contributed by atoms with Crippen LogP contribution in [0.15, 0.2) is 16.8 Å². The molecular weight excluding hydrogens is 216 g/mol. The molecule has 1 aromatic rings. The third kappa shape index (κ3) is 3.22. The second-order valence-electron chi connectivity index (χ2n) is 5.13. The molecule has 0 aliphatic carbocycles. The molecule has 3 heteroatoms. The average molecular weight is 238 g/mol. The molecule has 2 nitrogen and oxygen atoms in total. The number of thiophene rings is 1. The van der Waals surface area contributed by atoms with Crippen LogP contribution in [0.3, 0.4) is 0 Å². The molecule has 1 aromatic heterocycles. The van der Waals surface area contributed by atoms with Crippen LogP contribution >= 0.6 is 11.3 Å². The maximum Gasteiger partial charge on any atom is 0.0474 e. The van der Waals surface area contributed by atoms with E-state index in [4.69, 9.17) is 0 Å². The molecule has 1 atom stereocenters. The minimum atomic E-state index is 0.759. The second-order valence-corrected chi connectivity index (χ2v) is 5.91. The molecule has 0 saturated carbocycles. The molecule has 1 fully saturated rings. The molecule has 2 rings (SSSR count). The van der Waals surface area contributed by atoms with E-state index in [2.05, 4.69) is 40.9 Å². The first kappa shape index (κ1) is 11.9. The number of hydrogen-bond acceptors (Lipinski definition) is 3. The smallest absolute Gasteiger partial charge is 0.0474 e. The Balaban J connectivity index is 1.72. The highest BCUT2D eigenvalue weighted by atomic mass is 32.1. The molecule has 1 N–H and O–H groups in total. The van der Waals surface area contributed by atoms with Crippen molar-refractivity contribution >= 4 is 17.0 Å². The van der Waals surface area contributed by atoms with Crippen molar-refractivity contribution in [2.75, 3.05) is 31.1 Å². The third-order valence-corrected chi connectivity index (χ3v) is 3.81. The maximum absolute atomic E-state index is 3.57. The molecule has 90 valence electrons. The lowest BCUT2D eigenvalue weighted by Crippen LogP contribution is -2.28. The second kappa shape index (κ2) is 5.69. The van der Waals surface area contributed by atoms with Gasteiger partial charge in [0.25, 0.3) is 0 Å². The first-order valence-corrected chi connectivity index (χ1v) is 7.18. The number of hydrogen-bond donors (Lipinski definition) is 1. The van der Waals surface area contributed by atoms with Gasteiger partial charge >= 0.3 is 0 Å². The molecule has 0 spiro atoms. The number of rotatable bonds is 5. The van der Waals surface area contributed by atoms with Crippen molar-refractivity contribution in [3.05, 3.63) is 16.8 Å². The number of nitrogens with one attached hydrogen (secondary N) is 1.